The molecule has 0 saturated heterocycles. The Morgan fingerprint density at radius 1 is 0.550 bits per heavy atom. The van der Waals surface area contributed by atoms with Gasteiger partial charge < -0.3 is 0 Å². The summed E-state index contributed by atoms with van der Waals surface area (Å²) in [5.41, 5.74) is 14.8. The van der Waals surface area contributed by atoms with Gasteiger partial charge in [0.25, 0.3) is 0 Å². The van der Waals surface area contributed by atoms with Gasteiger partial charge in [0, 0.05) is 0 Å². The Bertz CT molecular complexity index is 622. The zero-order chi connectivity index (χ0) is 15.4. The molecule has 108 valence electrons. The van der Waals surface area contributed by atoms with Crippen LogP contribution in [0.15, 0.2) is 16.7 Å². The molecule has 1 aliphatic rings. The van der Waals surface area contributed by atoms with E-state index in [-0.39, 0.29) is 0 Å². The van der Waals surface area contributed by atoms with Crippen molar-refractivity contribution in [2.24, 2.45) is 5.92 Å². The minimum Gasteiger partial charge on any atom is -0.0629 e. The van der Waals surface area contributed by atoms with E-state index in [1.165, 1.54) is 55.7 Å². The average Bonchev–Trinajstić information content (AvgIpc) is 2.61. The van der Waals surface area contributed by atoms with Gasteiger partial charge in [0.1, 0.15) is 0 Å². The second kappa shape index (κ2) is 4.91. The van der Waals surface area contributed by atoms with E-state index in [1.807, 2.05) is 0 Å². The minimum atomic E-state index is 0.589. The van der Waals surface area contributed by atoms with Crippen LogP contribution in [0.3, 0.4) is 0 Å². The molecule has 0 fully saturated rings. The van der Waals surface area contributed by atoms with Crippen molar-refractivity contribution in [1.82, 2.24) is 0 Å². The van der Waals surface area contributed by atoms with Crippen LogP contribution in [0.25, 0.3) is 5.57 Å². The van der Waals surface area contributed by atoms with Gasteiger partial charge in [-0.15, -0.1) is 0 Å². The summed E-state index contributed by atoms with van der Waals surface area (Å²) in [5.74, 6) is 0.589. The van der Waals surface area contributed by atoms with Crippen molar-refractivity contribution in [3.63, 3.8) is 0 Å². The Kier molecular flexibility index (Phi) is 3.71. The van der Waals surface area contributed by atoms with Gasteiger partial charge in [-0.05, 0) is 106 Å². The first kappa shape index (κ1) is 15.1. The van der Waals surface area contributed by atoms with E-state index >= 15 is 0 Å². The summed E-state index contributed by atoms with van der Waals surface area (Å²) in [5, 5.41) is 0. The smallest absolute Gasteiger partial charge is 0.00117 e. The third-order valence-corrected chi connectivity index (χ3v) is 5.91. The van der Waals surface area contributed by atoms with Gasteiger partial charge in [0.15, 0.2) is 0 Å². The molecule has 0 amide bonds. The van der Waals surface area contributed by atoms with Crippen molar-refractivity contribution < 1.29 is 0 Å². The van der Waals surface area contributed by atoms with Gasteiger partial charge in [0.05, 0.1) is 0 Å². The van der Waals surface area contributed by atoms with Crippen LogP contribution in [0.1, 0.15) is 61.1 Å². The third kappa shape index (κ3) is 1.89. The summed E-state index contributed by atoms with van der Waals surface area (Å²) in [6.45, 7) is 20.6. The van der Waals surface area contributed by atoms with Crippen LogP contribution < -0.4 is 0 Å². The standard InChI is InChI=1S/C20H28/c1-10-11(2)15(6)19(16(7)12(10)3)20-17(8)13(4)14(5)18(20)9/h13H,1-9H3. The Hall–Kier alpha value is -1.30. The summed E-state index contributed by atoms with van der Waals surface area (Å²) < 4.78 is 0. The molecule has 0 heterocycles. The molecule has 2 rings (SSSR count). The first-order chi connectivity index (χ1) is 9.20. The molecule has 0 radical (unpaired) electrons. The van der Waals surface area contributed by atoms with Crippen LogP contribution in [0.5, 0.6) is 0 Å². The van der Waals surface area contributed by atoms with Gasteiger partial charge in [-0.25, -0.2) is 0 Å². The van der Waals surface area contributed by atoms with Crippen molar-refractivity contribution in [3.8, 4) is 0 Å². The minimum absolute atomic E-state index is 0.589. The normalized spacial score (nSPS) is 19.4. The molecule has 0 aromatic heterocycles. The maximum atomic E-state index is 2.33. The lowest BCUT2D eigenvalue weighted by atomic mass is 9.83. The molecule has 1 unspecified atom stereocenters. The fraction of sp³-hybridized carbons (Fsp3) is 0.500. The fourth-order valence-corrected chi connectivity index (χ4v) is 3.62. The lowest BCUT2D eigenvalue weighted by Gasteiger charge is -2.21. The molecule has 20 heavy (non-hydrogen) atoms. The van der Waals surface area contributed by atoms with Gasteiger partial charge in [-0.1, -0.05) is 18.1 Å². The molecular formula is C20H28. The van der Waals surface area contributed by atoms with E-state index in [0.717, 1.165) is 0 Å². The first-order valence-electron chi connectivity index (χ1n) is 7.65. The molecule has 0 aliphatic heterocycles. The highest BCUT2D eigenvalue weighted by atomic mass is 14.3. The lowest BCUT2D eigenvalue weighted by Crippen LogP contribution is -2.03. The Morgan fingerprint density at radius 2 is 0.950 bits per heavy atom. The van der Waals surface area contributed by atoms with Crippen LogP contribution in [0, 0.1) is 40.5 Å². The molecular weight excluding hydrogens is 240 g/mol. The number of allylic oxidation sites excluding steroid dienone is 4. The summed E-state index contributed by atoms with van der Waals surface area (Å²) >= 11 is 0. The van der Waals surface area contributed by atoms with Crippen molar-refractivity contribution in [2.75, 3.05) is 0 Å². The first-order valence-corrected chi connectivity index (χ1v) is 7.65. The highest BCUT2D eigenvalue weighted by molar-refractivity contribution is 5.88. The Balaban J connectivity index is 2.86. The quantitative estimate of drug-likeness (QED) is 0.587. The molecule has 0 spiro atoms. The van der Waals surface area contributed by atoms with Gasteiger partial charge in [0.2, 0.25) is 0 Å². The molecule has 0 heteroatoms. The summed E-state index contributed by atoms with van der Waals surface area (Å²) in [7, 11) is 0. The van der Waals surface area contributed by atoms with Gasteiger partial charge in [-0.3, -0.25) is 0 Å². The SMILES string of the molecule is CC1=C(C)C(C)C(C)=C1c1c(C)c(C)c(C)c(C)c1C. The predicted octanol–water partition coefficient (Wildman–Crippen LogP) is 5.99. The summed E-state index contributed by atoms with van der Waals surface area (Å²) in [4.78, 5) is 0. The van der Waals surface area contributed by atoms with E-state index in [2.05, 4.69) is 62.3 Å². The molecule has 0 saturated carbocycles. The van der Waals surface area contributed by atoms with Crippen molar-refractivity contribution in [2.45, 2.75) is 62.3 Å². The second-order valence-corrected chi connectivity index (χ2v) is 6.59. The van der Waals surface area contributed by atoms with Crippen molar-refractivity contribution >= 4 is 5.57 Å². The van der Waals surface area contributed by atoms with Crippen LogP contribution >= 0.6 is 0 Å². The number of benzene rings is 1. The average molecular weight is 268 g/mol. The van der Waals surface area contributed by atoms with E-state index in [4.69, 9.17) is 0 Å². The number of rotatable bonds is 1. The van der Waals surface area contributed by atoms with E-state index in [0.29, 0.717) is 5.92 Å². The maximum absolute atomic E-state index is 2.33. The van der Waals surface area contributed by atoms with Gasteiger partial charge in [-0.2, -0.15) is 0 Å². The molecule has 1 aromatic carbocycles. The van der Waals surface area contributed by atoms with Crippen LogP contribution in [0.4, 0.5) is 0 Å². The fourth-order valence-electron chi connectivity index (χ4n) is 3.62. The predicted molar refractivity (Wildman–Crippen MR) is 90.3 cm³/mol. The molecule has 1 aliphatic carbocycles. The van der Waals surface area contributed by atoms with Crippen LogP contribution in [-0.2, 0) is 0 Å². The molecule has 0 nitrogen and oxygen atoms in total. The highest BCUT2D eigenvalue weighted by Gasteiger charge is 2.27. The molecule has 1 aromatic rings. The number of hydrogen-bond acceptors (Lipinski definition) is 0. The highest BCUT2D eigenvalue weighted by Crippen LogP contribution is 2.45. The van der Waals surface area contributed by atoms with Gasteiger partial charge >= 0.3 is 0 Å². The van der Waals surface area contributed by atoms with E-state index in [9.17, 15) is 0 Å². The topological polar surface area (TPSA) is 0 Å². The number of hydrogen-bond donors (Lipinski definition) is 0. The zero-order valence-electron chi connectivity index (χ0n) is 14.6. The summed E-state index contributed by atoms with van der Waals surface area (Å²) in [6, 6.07) is 0. The third-order valence-electron chi connectivity index (χ3n) is 5.91. The maximum Gasteiger partial charge on any atom is -0.00117 e. The lowest BCUT2D eigenvalue weighted by molar-refractivity contribution is 0.818. The van der Waals surface area contributed by atoms with Crippen LogP contribution in [0.2, 0.25) is 0 Å². The monoisotopic (exact) mass is 268 g/mol. The largest absolute Gasteiger partial charge is 0.0629 e. The molecule has 0 bridgehead atoms. The second-order valence-electron chi connectivity index (χ2n) is 6.59. The Labute approximate surface area is 124 Å². The molecule has 0 N–H and O–H groups in total. The van der Waals surface area contributed by atoms with E-state index in [1.54, 1.807) is 0 Å². The molecule has 1 atom stereocenters. The Morgan fingerprint density at radius 3 is 1.30 bits per heavy atom. The zero-order valence-corrected chi connectivity index (χ0v) is 14.6. The summed E-state index contributed by atoms with van der Waals surface area (Å²) in [6.07, 6.45) is 0. The van der Waals surface area contributed by atoms with E-state index < -0.39 is 0 Å². The van der Waals surface area contributed by atoms with Crippen molar-refractivity contribution in [3.05, 3.63) is 50.1 Å². The van der Waals surface area contributed by atoms with Crippen molar-refractivity contribution in [1.29, 1.82) is 0 Å². The van der Waals surface area contributed by atoms with Crippen LogP contribution in [-0.4, -0.2) is 0 Å².